The number of alkyl halides is 12. The van der Waals surface area contributed by atoms with E-state index in [0.29, 0.717) is 93.7 Å². The molecule has 0 radical (unpaired) electrons. The highest BCUT2D eigenvalue weighted by atomic mass is 19.4. The molecule has 0 bridgehead atoms. The number of aromatic nitrogens is 8. The number of nitrogens with zero attached hydrogens (tertiary/aromatic N) is 12. The molecular weight excluding hydrogens is 1880 g/mol. The molecule has 140 heavy (non-hydrogen) atoms. The largest absolute Gasteiger partial charge is 0.573 e. The highest BCUT2D eigenvalue weighted by molar-refractivity contribution is 5.60. The van der Waals surface area contributed by atoms with E-state index in [1.54, 1.807) is 38.1 Å². The topological polar surface area (TPSA) is 544 Å². The predicted molar refractivity (Wildman–Crippen MR) is 494 cm³/mol. The van der Waals surface area contributed by atoms with Gasteiger partial charge in [-0.1, -0.05) is 72.8 Å². The Bertz CT molecular complexity index is 4840. The minimum atomic E-state index is -4.83. The molecule has 2 atom stereocenters. The van der Waals surface area contributed by atoms with Crippen molar-refractivity contribution < 1.29 is 107 Å². The van der Waals surface area contributed by atoms with E-state index in [1.807, 2.05) is 0 Å². The van der Waals surface area contributed by atoms with Gasteiger partial charge in [-0.2, -0.15) is 19.9 Å². The lowest BCUT2D eigenvalue weighted by Gasteiger charge is -2.29. The normalized spacial score (nSPS) is 18.6. The van der Waals surface area contributed by atoms with Crippen molar-refractivity contribution >= 4 is 69.8 Å². The Morgan fingerprint density at radius 2 is 0.579 bits per heavy atom. The van der Waals surface area contributed by atoms with Crippen molar-refractivity contribution in [1.29, 1.82) is 0 Å². The number of nitrogens with two attached hydrogens (primary N) is 1. The molecular formula is C88H117F12N25O15. The zero-order chi connectivity index (χ0) is 101. The highest BCUT2D eigenvalue weighted by Crippen LogP contribution is 2.37. The average Bonchev–Trinajstić information content (AvgIpc) is 0.840. The molecule has 4 aliphatic rings. The van der Waals surface area contributed by atoms with Crippen LogP contribution in [-0.4, -0.2) is 202 Å². The fourth-order valence-corrected chi connectivity index (χ4v) is 15.8. The van der Waals surface area contributed by atoms with Crippen molar-refractivity contribution in [2.24, 2.45) is 29.4 Å². The van der Waals surface area contributed by atoms with E-state index in [2.05, 4.69) is 123 Å². The van der Waals surface area contributed by atoms with E-state index in [9.17, 15) is 103 Å². The first-order chi connectivity index (χ1) is 66.7. The third kappa shape index (κ3) is 40.2. The van der Waals surface area contributed by atoms with E-state index in [0.717, 1.165) is 153 Å². The van der Waals surface area contributed by atoms with E-state index in [4.69, 9.17) is 10.8 Å². The van der Waals surface area contributed by atoms with Crippen molar-refractivity contribution in [3.63, 3.8) is 0 Å². The van der Waals surface area contributed by atoms with E-state index in [-0.39, 0.29) is 148 Å². The van der Waals surface area contributed by atoms with Gasteiger partial charge in [0, 0.05) is 118 Å². The summed E-state index contributed by atoms with van der Waals surface area (Å²) in [6.45, 7) is 8.77. The second kappa shape index (κ2) is 55.3. The SMILES string of the molecule is C[C@H](O)CNC1CCC(CNc2nc(NCc3ccccc3OC(F)(F)F)ncc2[N+](=O)[O-])CC1.C[C@H](O)CNC1CCC(CNc2nc(NCc3ccccc3OC(F)(F)F)ncc2[N+](=O)[O-])CC1.NCCCNC1CCC(CNc2nc(NCc3ccccc3OC(F)(F)F)ncc2[N+](=O)[O-])CC1.O=[N+]([O-])c1cnc(NCc2ccccc2OC(F)(F)F)nc1NCC1CCC(NCCCO)CC1. The van der Waals surface area contributed by atoms with Gasteiger partial charge in [0.15, 0.2) is 0 Å². The summed E-state index contributed by atoms with van der Waals surface area (Å²) in [5.74, 6) is 0.223. The molecule has 4 heterocycles. The molecule has 0 saturated heterocycles. The van der Waals surface area contributed by atoms with Gasteiger partial charge in [-0.15, -0.1) is 52.7 Å². The van der Waals surface area contributed by atoms with Crippen LogP contribution in [0.2, 0.25) is 0 Å². The summed E-state index contributed by atoms with van der Waals surface area (Å²) in [5, 5.41) is 110. The standard InChI is InChI=1S/C22H30F3N7O3.3C22H29F3N6O4/c23-22(24,25)35-19-5-2-1-4-16(19)13-29-21-30-14-18(32(33)34)20(31-21)28-12-15-6-8-17(9-7-15)27-11-3-10-26;2*1-14(32)10-26-17-8-6-15(7-9-17)11-27-20-18(31(33)34)13-29-21(30-20)28-12-16-4-2-3-5-19(16)35-22(23,24)25;23-22(24,25)35-19-5-2-1-4-16(19)13-28-21-29-14-18(31(33)34)20(30-21)27-12-15-6-8-17(9-7-15)26-10-3-11-32/h1-2,4-5,14-15,17,27H,3,6-13,26H2,(H2,28,29,30,31);2*2-5,13-15,17,26,32H,6-12H2,1H3,(H2,27,28,29,30);1-2,4-5,14-15,17,26,32H,3,6-13H2,(H2,27,28,29,30)/t;2*14-,15?,17?;/m.00./s1. The lowest BCUT2D eigenvalue weighted by atomic mass is 9.86. The van der Waals surface area contributed by atoms with Gasteiger partial charge < -0.3 is 104 Å². The summed E-state index contributed by atoms with van der Waals surface area (Å²) in [4.78, 5) is 75.8. The van der Waals surface area contributed by atoms with Gasteiger partial charge in [-0.3, -0.25) is 40.5 Å². The first-order valence-corrected chi connectivity index (χ1v) is 45.6. The van der Waals surface area contributed by atoms with Crippen LogP contribution in [0.1, 0.15) is 152 Å². The van der Waals surface area contributed by atoms with Gasteiger partial charge in [-0.25, -0.2) is 19.9 Å². The molecule has 4 aromatic heterocycles. The number of para-hydroxylation sites is 4. The number of anilines is 8. The number of nitro groups is 4. The summed E-state index contributed by atoms with van der Waals surface area (Å²) in [7, 11) is 0. The molecule has 4 saturated carbocycles. The van der Waals surface area contributed by atoms with Crippen molar-refractivity contribution in [3.8, 4) is 23.0 Å². The maximum Gasteiger partial charge on any atom is 0.573 e. The molecule has 40 nitrogen and oxygen atoms in total. The van der Waals surface area contributed by atoms with Crippen molar-refractivity contribution in [2.45, 2.75) is 217 Å². The summed E-state index contributed by atoms with van der Waals surface area (Å²) < 4.78 is 168. The molecule has 8 aromatic rings. The number of hydrogen-bond donors (Lipinski definition) is 16. The first-order valence-electron chi connectivity index (χ1n) is 45.6. The fraction of sp³-hybridized carbons (Fsp3) is 0.545. The Hall–Kier alpha value is -12.8. The Kier molecular flexibility index (Phi) is 43.8. The first kappa shape index (κ1) is 111. The zero-order valence-electron chi connectivity index (χ0n) is 76.7. The molecule has 12 rings (SSSR count). The molecule has 0 aliphatic heterocycles. The second-order valence-corrected chi connectivity index (χ2v) is 33.8. The number of ether oxygens (including phenoxy) is 4. The molecule has 4 aliphatic carbocycles. The Labute approximate surface area is 796 Å². The van der Waals surface area contributed by atoms with Crippen molar-refractivity contribution in [1.82, 2.24) is 61.1 Å². The third-order valence-electron chi connectivity index (χ3n) is 23.0. The van der Waals surface area contributed by atoms with Crippen LogP contribution >= 0.6 is 0 Å². The maximum atomic E-state index is 12.6. The van der Waals surface area contributed by atoms with Crippen LogP contribution in [0, 0.1) is 64.1 Å². The molecule has 52 heteroatoms. The minimum absolute atomic E-state index is 0.0333. The molecule has 0 amide bonds. The Morgan fingerprint density at radius 1 is 0.357 bits per heavy atom. The van der Waals surface area contributed by atoms with E-state index in [1.165, 1.54) is 72.8 Å². The second-order valence-electron chi connectivity index (χ2n) is 33.8. The number of hydrogen-bond acceptors (Lipinski definition) is 36. The van der Waals surface area contributed by atoms with Crippen molar-refractivity contribution in [3.05, 3.63) is 185 Å². The van der Waals surface area contributed by atoms with Crippen LogP contribution in [0.15, 0.2) is 122 Å². The molecule has 768 valence electrons. The molecule has 4 aromatic carbocycles. The van der Waals surface area contributed by atoms with Gasteiger partial charge in [0.1, 0.15) is 47.8 Å². The quantitative estimate of drug-likeness (QED) is 0.00729. The van der Waals surface area contributed by atoms with E-state index >= 15 is 0 Å². The van der Waals surface area contributed by atoms with E-state index < -0.39 is 57.4 Å². The van der Waals surface area contributed by atoms with Gasteiger partial charge >= 0.3 is 48.2 Å². The number of nitrogens with one attached hydrogen (secondary N) is 12. The number of aliphatic hydroxyl groups excluding tert-OH is 3. The summed E-state index contributed by atoms with van der Waals surface area (Å²) in [5.41, 5.74) is 5.31. The average molecular weight is 1990 g/mol. The predicted octanol–water partition coefficient (Wildman–Crippen LogP) is 15.3. The van der Waals surface area contributed by atoms with Crippen LogP contribution in [0.5, 0.6) is 23.0 Å². The van der Waals surface area contributed by atoms with Crippen LogP contribution in [0.3, 0.4) is 0 Å². The number of aliphatic hydroxyl groups is 3. The minimum Gasteiger partial charge on any atom is -0.405 e. The number of benzene rings is 4. The molecule has 0 unspecified atom stereocenters. The molecule has 17 N–H and O–H groups in total. The van der Waals surface area contributed by atoms with Crippen LogP contribution in [-0.2, 0) is 26.2 Å². The van der Waals surface area contributed by atoms with Gasteiger partial charge in [-0.05, 0) is 197 Å². The van der Waals surface area contributed by atoms with Crippen molar-refractivity contribution in [2.75, 3.05) is 108 Å². The van der Waals surface area contributed by atoms with Crippen LogP contribution < -0.4 is 88.5 Å². The molecule has 0 spiro atoms. The van der Waals surface area contributed by atoms with Gasteiger partial charge in [0.05, 0.1) is 31.9 Å². The lowest BCUT2D eigenvalue weighted by Crippen LogP contribution is -2.38. The zero-order valence-corrected chi connectivity index (χ0v) is 76.7. The van der Waals surface area contributed by atoms with Gasteiger partial charge in [0.2, 0.25) is 47.1 Å². The Morgan fingerprint density at radius 3 is 0.786 bits per heavy atom. The maximum absolute atomic E-state index is 12.6. The molecule has 4 fully saturated rings. The van der Waals surface area contributed by atoms with Crippen LogP contribution in [0.4, 0.5) is 122 Å². The smallest absolute Gasteiger partial charge is 0.405 e. The monoisotopic (exact) mass is 1990 g/mol. The summed E-state index contributed by atoms with van der Waals surface area (Å²) in [6, 6.07) is 24.2. The lowest BCUT2D eigenvalue weighted by molar-refractivity contribution is -0.384. The number of rotatable bonds is 46. The highest BCUT2D eigenvalue weighted by Gasteiger charge is 2.37. The number of halogens is 12. The summed E-state index contributed by atoms with van der Waals surface area (Å²) in [6.07, 6.45) is 1.13. The summed E-state index contributed by atoms with van der Waals surface area (Å²) >= 11 is 0. The van der Waals surface area contributed by atoms with Gasteiger partial charge in [0.25, 0.3) is 0 Å². The third-order valence-corrected chi connectivity index (χ3v) is 23.0. The van der Waals surface area contributed by atoms with Crippen LogP contribution in [0.25, 0.3) is 0 Å². The Balaban J connectivity index is 0.000000209. The fourth-order valence-electron chi connectivity index (χ4n) is 15.8.